The maximum absolute atomic E-state index is 15.4. The average Bonchev–Trinajstić information content (AvgIpc) is 3.56. The molecule has 7 aromatic carbocycles. The Bertz CT molecular complexity index is 2700. The summed E-state index contributed by atoms with van der Waals surface area (Å²) >= 11 is 0. The fourth-order valence-electron chi connectivity index (χ4n) is 8.01. The molecule has 7 aromatic rings. The number of benzene rings is 7. The molecule has 1 unspecified atom stereocenters. The van der Waals surface area contributed by atoms with Crippen LogP contribution in [-0.2, 0) is 0 Å². The number of fused-ring (bicyclic) bond motifs is 2. The first-order valence-corrected chi connectivity index (χ1v) is 18.9. The molecule has 2 aliphatic heterocycles. The van der Waals surface area contributed by atoms with E-state index in [2.05, 4.69) is 60.0 Å². The van der Waals surface area contributed by atoms with Gasteiger partial charge >= 0.3 is 0 Å². The first-order valence-electron chi connectivity index (χ1n) is 18.9. The number of aliphatic hydroxyl groups excluding tert-OH is 1. The standard InChI is InChI=1S/C52H37N3O2/c1-35-31-41(38-28-26-36(34-53)27-29-38)21-14-30-54(47-24-12-11-22-43(35)47)48-25-13-23-44-49(48)52(57)55(51(44)56)50-45(39-17-7-3-8-18-39)32-42(37-15-5-2-6-16-37)33-46(50)40-19-9-4-10-20-40/h2-29,31-33,51,56H,1,30H2/b21-14-,41-31+. The number of hydrogen-bond acceptors (Lipinski definition) is 4. The van der Waals surface area contributed by atoms with Crippen LogP contribution in [-0.4, -0.2) is 17.6 Å². The highest BCUT2D eigenvalue weighted by atomic mass is 16.3. The third kappa shape index (κ3) is 6.44. The number of nitrogens with zero attached hydrogens (tertiary/aromatic N) is 3. The minimum Gasteiger partial charge on any atom is -0.369 e. The van der Waals surface area contributed by atoms with Gasteiger partial charge in [0.15, 0.2) is 6.23 Å². The lowest BCUT2D eigenvalue weighted by molar-refractivity contribution is 0.0936. The number of nitriles is 1. The lowest BCUT2D eigenvalue weighted by Gasteiger charge is -2.29. The van der Waals surface area contributed by atoms with Gasteiger partial charge < -0.3 is 10.0 Å². The summed E-state index contributed by atoms with van der Waals surface area (Å²) in [6.45, 7) is 4.93. The molecule has 57 heavy (non-hydrogen) atoms. The summed E-state index contributed by atoms with van der Waals surface area (Å²) in [5, 5.41) is 21.8. The van der Waals surface area contributed by atoms with Crippen molar-refractivity contribution in [3.8, 4) is 39.4 Å². The Balaban J connectivity index is 1.21. The van der Waals surface area contributed by atoms with Crippen LogP contribution in [0.1, 0.15) is 38.8 Å². The second-order valence-corrected chi connectivity index (χ2v) is 14.2. The van der Waals surface area contributed by atoms with Gasteiger partial charge in [0, 0.05) is 34.5 Å². The first-order chi connectivity index (χ1) is 28.0. The van der Waals surface area contributed by atoms with Crippen LogP contribution in [0.2, 0.25) is 0 Å². The second-order valence-electron chi connectivity index (χ2n) is 14.2. The lowest BCUT2D eigenvalue weighted by Crippen LogP contribution is -2.29. The summed E-state index contributed by atoms with van der Waals surface area (Å²) in [6, 6.07) is 58.2. The normalized spacial score (nSPS) is 16.4. The van der Waals surface area contributed by atoms with Crippen molar-refractivity contribution in [2.24, 2.45) is 0 Å². The maximum Gasteiger partial charge on any atom is 0.263 e. The van der Waals surface area contributed by atoms with Gasteiger partial charge in [0.25, 0.3) is 5.91 Å². The number of aliphatic hydroxyl groups is 1. The highest BCUT2D eigenvalue weighted by molar-refractivity contribution is 6.18. The van der Waals surface area contributed by atoms with Crippen molar-refractivity contribution in [2.45, 2.75) is 6.23 Å². The summed E-state index contributed by atoms with van der Waals surface area (Å²) in [6.07, 6.45) is 4.95. The van der Waals surface area contributed by atoms with Gasteiger partial charge in [0.05, 0.1) is 28.6 Å². The number of amides is 1. The zero-order valence-electron chi connectivity index (χ0n) is 31.1. The van der Waals surface area contributed by atoms with E-state index in [0.717, 1.165) is 61.3 Å². The topological polar surface area (TPSA) is 67.6 Å². The monoisotopic (exact) mass is 735 g/mol. The minimum absolute atomic E-state index is 0.286. The van der Waals surface area contributed by atoms with Crippen LogP contribution >= 0.6 is 0 Å². The SMILES string of the molecule is C=C1/C=C(c2ccc(C#N)cc2)\C=C/CN(c2cccc3c2C(=O)N(c2c(-c4ccccc4)cc(-c4ccccc4)cc2-c2ccccc2)C3O)c2ccccc21. The molecule has 0 radical (unpaired) electrons. The van der Waals surface area contributed by atoms with E-state index in [1.165, 1.54) is 0 Å². The molecule has 0 saturated heterocycles. The minimum atomic E-state index is -1.25. The molecule has 0 fully saturated rings. The fourth-order valence-corrected chi connectivity index (χ4v) is 8.01. The van der Waals surface area contributed by atoms with Gasteiger partial charge in [0.2, 0.25) is 0 Å². The van der Waals surface area contributed by atoms with Crippen LogP contribution in [0.15, 0.2) is 195 Å². The Labute approximate surface area is 332 Å². The van der Waals surface area contributed by atoms with Crippen LogP contribution < -0.4 is 9.80 Å². The van der Waals surface area contributed by atoms with Crippen LogP contribution in [0, 0.1) is 11.3 Å². The van der Waals surface area contributed by atoms with Gasteiger partial charge in [-0.2, -0.15) is 5.26 Å². The third-order valence-electron chi connectivity index (χ3n) is 10.8. The Morgan fingerprint density at radius 2 is 1.19 bits per heavy atom. The van der Waals surface area contributed by atoms with Crippen molar-refractivity contribution < 1.29 is 9.90 Å². The summed E-state index contributed by atoms with van der Waals surface area (Å²) in [5.41, 5.74) is 13.1. The van der Waals surface area contributed by atoms with E-state index in [1.54, 1.807) is 4.90 Å². The van der Waals surface area contributed by atoms with Crippen LogP contribution in [0.3, 0.4) is 0 Å². The van der Waals surface area contributed by atoms with Gasteiger partial charge in [-0.3, -0.25) is 9.69 Å². The molecular weight excluding hydrogens is 699 g/mol. The molecule has 1 amide bonds. The van der Waals surface area contributed by atoms with Gasteiger partial charge in [0.1, 0.15) is 0 Å². The molecule has 5 nitrogen and oxygen atoms in total. The van der Waals surface area contributed by atoms with Crippen molar-refractivity contribution in [3.63, 3.8) is 0 Å². The summed E-state index contributed by atoms with van der Waals surface area (Å²) in [4.78, 5) is 19.1. The maximum atomic E-state index is 15.4. The van der Waals surface area contributed by atoms with Crippen molar-refractivity contribution in [1.29, 1.82) is 5.26 Å². The number of para-hydroxylation sites is 1. The van der Waals surface area contributed by atoms with Crippen LogP contribution in [0.25, 0.3) is 44.5 Å². The van der Waals surface area contributed by atoms with E-state index in [9.17, 15) is 10.4 Å². The predicted octanol–water partition coefficient (Wildman–Crippen LogP) is 12.0. The second kappa shape index (κ2) is 15.0. The molecular formula is C52H37N3O2. The Morgan fingerprint density at radius 1 is 0.614 bits per heavy atom. The molecule has 0 saturated carbocycles. The summed E-state index contributed by atoms with van der Waals surface area (Å²) in [7, 11) is 0. The van der Waals surface area contributed by atoms with E-state index in [1.807, 2.05) is 146 Å². The van der Waals surface area contributed by atoms with E-state index >= 15 is 4.79 Å². The predicted molar refractivity (Wildman–Crippen MR) is 232 cm³/mol. The van der Waals surface area contributed by atoms with Gasteiger partial charge in [-0.1, -0.05) is 152 Å². The molecule has 9 rings (SSSR count). The van der Waals surface area contributed by atoms with Crippen LogP contribution in [0.4, 0.5) is 17.1 Å². The molecule has 0 bridgehead atoms. The molecule has 0 aromatic heterocycles. The van der Waals surface area contributed by atoms with E-state index in [4.69, 9.17) is 0 Å². The quantitative estimate of drug-likeness (QED) is 0.185. The van der Waals surface area contributed by atoms with Gasteiger partial charge in [-0.15, -0.1) is 0 Å². The average molecular weight is 736 g/mol. The zero-order chi connectivity index (χ0) is 38.9. The molecule has 2 heterocycles. The summed E-state index contributed by atoms with van der Waals surface area (Å²) < 4.78 is 0. The molecule has 0 aliphatic carbocycles. The van der Waals surface area contributed by atoms with Gasteiger partial charge in [-0.25, -0.2) is 0 Å². The number of rotatable bonds is 6. The molecule has 0 spiro atoms. The van der Waals surface area contributed by atoms with Crippen molar-refractivity contribution >= 4 is 34.1 Å². The Kier molecular flexibility index (Phi) is 9.24. The first kappa shape index (κ1) is 35.2. The largest absolute Gasteiger partial charge is 0.369 e. The number of anilines is 3. The van der Waals surface area contributed by atoms with E-state index in [0.29, 0.717) is 34.6 Å². The smallest absolute Gasteiger partial charge is 0.263 e. The Morgan fingerprint density at radius 3 is 1.82 bits per heavy atom. The zero-order valence-corrected chi connectivity index (χ0v) is 31.1. The van der Waals surface area contributed by atoms with Crippen LogP contribution in [0.5, 0.6) is 0 Å². The highest BCUT2D eigenvalue weighted by Gasteiger charge is 2.42. The van der Waals surface area contributed by atoms with Gasteiger partial charge in [-0.05, 0) is 81.4 Å². The van der Waals surface area contributed by atoms with E-state index in [-0.39, 0.29) is 5.91 Å². The van der Waals surface area contributed by atoms with Crippen molar-refractivity contribution in [1.82, 2.24) is 0 Å². The fraction of sp³-hybridized carbons (Fsp3) is 0.0385. The number of carbonyl (C=O) groups is 1. The molecule has 272 valence electrons. The molecule has 1 atom stereocenters. The third-order valence-corrected chi connectivity index (χ3v) is 10.8. The van der Waals surface area contributed by atoms with Crippen molar-refractivity contribution in [2.75, 3.05) is 16.3 Å². The van der Waals surface area contributed by atoms with Crippen molar-refractivity contribution in [3.05, 3.63) is 222 Å². The molecule has 2 aliphatic rings. The number of allylic oxidation sites excluding steroid dienone is 4. The highest BCUT2D eigenvalue weighted by Crippen LogP contribution is 2.50. The molecule has 1 N–H and O–H groups in total. The van der Waals surface area contributed by atoms with E-state index < -0.39 is 6.23 Å². The number of hydrogen-bond donors (Lipinski definition) is 1. The summed E-state index contributed by atoms with van der Waals surface area (Å²) in [5.74, 6) is -0.286. The molecule has 5 heteroatoms. The number of carbonyl (C=O) groups excluding carboxylic acids is 1. The lowest BCUT2D eigenvalue weighted by atomic mass is 9.90. The Hall–Kier alpha value is -7.52.